The molecule has 1 amide bonds. The lowest BCUT2D eigenvalue weighted by molar-refractivity contribution is -0.141. The van der Waals surface area contributed by atoms with Crippen molar-refractivity contribution in [3.63, 3.8) is 0 Å². The first-order chi connectivity index (χ1) is 7.61. The van der Waals surface area contributed by atoms with E-state index in [9.17, 15) is 9.59 Å². The molecule has 0 heterocycles. The lowest BCUT2D eigenvalue weighted by Crippen LogP contribution is -2.29. The van der Waals surface area contributed by atoms with Crippen LogP contribution in [0, 0.1) is 0 Å². The molecule has 0 unspecified atom stereocenters. The Morgan fingerprint density at radius 1 is 1.25 bits per heavy atom. The lowest BCUT2D eigenvalue weighted by atomic mass is 10.3. The van der Waals surface area contributed by atoms with Crippen molar-refractivity contribution in [2.45, 2.75) is 26.2 Å². The molecule has 0 fully saturated rings. The zero-order valence-corrected chi connectivity index (χ0v) is 10.3. The van der Waals surface area contributed by atoms with Gasteiger partial charge in [-0.1, -0.05) is 0 Å². The first-order valence-electron chi connectivity index (χ1n) is 5.50. The third-order valence-electron chi connectivity index (χ3n) is 2.19. The number of ether oxygens (including phenoxy) is 2. The fourth-order valence-corrected chi connectivity index (χ4v) is 1.15. The smallest absolute Gasteiger partial charge is 0.307 e. The normalized spacial score (nSPS) is 9.94. The fourth-order valence-electron chi connectivity index (χ4n) is 1.15. The minimum Gasteiger partial charge on any atom is -0.469 e. The van der Waals surface area contributed by atoms with Gasteiger partial charge in [0.1, 0.15) is 0 Å². The second kappa shape index (κ2) is 9.15. The summed E-state index contributed by atoms with van der Waals surface area (Å²) in [5.41, 5.74) is 0. The molecule has 0 saturated carbocycles. The maximum atomic E-state index is 11.5. The van der Waals surface area contributed by atoms with Crippen molar-refractivity contribution in [2.24, 2.45) is 0 Å². The largest absolute Gasteiger partial charge is 0.469 e. The number of hydrogen-bond donors (Lipinski definition) is 0. The van der Waals surface area contributed by atoms with E-state index in [0.29, 0.717) is 26.2 Å². The Bertz CT molecular complexity index is 218. The minimum atomic E-state index is -0.297. The first-order valence-corrected chi connectivity index (χ1v) is 5.50. The van der Waals surface area contributed by atoms with Gasteiger partial charge in [0.05, 0.1) is 13.5 Å². The summed E-state index contributed by atoms with van der Waals surface area (Å²) in [5, 5.41) is 0. The Labute approximate surface area is 96.7 Å². The number of esters is 1. The average Bonchev–Trinajstić information content (AvgIpc) is 2.30. The Morgan fingerprint density at radius 2 is 1.94 bits per heavy atom. The van der Waals surface area contributed by atoms with Gasteiger partial charge < -0.3 is 14.4 Å². The van der Waals surface area contributed by atoms with Gasteiger partial charge in [-0.05, 0) is 13.3 Å². The van der Waals surface area contributed by atoms with E-state index >= 15 is 0 Å². The molecular weight excluding hydrogens is 210 g/mol. The summed E-state index contributed by atoms with van der Waals surface area (Å²) in [6.07, 6.45) is 1.41. The van der Waals surface area contributed by atoms with E-state index in [0.717, 1.165) is 6.42 Å². The van der Waals surface area contributed by atoms with Gasteiger partial charge in [0.2, 0.25) is 5.91 Å². The summed E-state index contributed by atoms with van der Waals surface area (Å²) in [7, 11) is 3.03. The van der Waals surface area contributed by atoms with Crippen LogP contribution in [0.2, 0.25) is 0 Å². The number of carbonyl (C=O) groups excluding carboxylic acids is 2. The summed E-state index contributed by atoms with van der Waals surface area (Å²) in [4.78, 5) is 23.9. The van der Waals surface area contributed by atoms with Crippen molar-refractivity contribution < 1.29 is 19.1 Å². The molecule has 0 aliphatic carbocycles. The predicted molar refractivity (Wildman–Crippen MR) is 60.0 cm³/mol. The average molecular weight is 231 g/mol. The van der Waals surface area contributed by atoms with Crippen LogP contribution in [0.1, 0.15) is 26.2 Å². The molecule has 0 N–H and O–H groups in total. The van der Waals surface area contributed by atoms with E-state index in [1.165, 1.54) is 7.11 Å². The van der Waals surface area contributed by atoms with E-state index in [1.807, 2.05) is 6.92 Å². The van der Waals surface area contributed by atoms with Crippen LogP contribution in [0.3, 0.4) is 0 Å². The van der Waals surface area contributed by atoms with Gasteiger partial charge in [0.25, 0.3) is 0 Å². The van der Waals surface area contributed by atoms with E-state index in [1.54, 1.807) is 11.9 Å². The molecule has 0 aliphatic rings. The van der Waals surface area contributed by atoms with Crippen LogP contribution in [0.4, 0.5) is 0 Å². The van der Waals surface area contributed by atoms with Gasteiger partial charge in [0, 0.05) is 33.2 Å². The van der Waals surface area contributed by atoms with Gasteiger partial charge in [-0.25, -0.2) is 0 Å². The van der Waals surface area contributed by atoms with Crippen LogP contribution in [0.5, 0.6) is 0 Å². The third-order valence-corrected chi connectivity index (χ3v) is 2.19. The van der Waals surface area contributed by atoms with E-state index in [2.05, 4.69) is 4.74 Å². The Hall–Kier alpha value is -1.10. The molecule has 0 radical (unpaired) electrons. The topological polar surface area (TPSA) is 55.8 Å². The van der Waals surface area contributed by atoms with Crippen molar-refractivity contribution in [3.05, 3.63) is 0 Å². The quantitative estimate of drug-likeness (QED) is 0.458. The highest BCUT2D eigenvalue weighted by Crippen LogP contribution is 1.98. The van der Waals surface area contributed by atoms with Crippen molar-refractivity contribution in [1.29, 1.82) is 0 Å². The predicted octanol–water partition coefficient (Wildman–Crippen LogP) is 0.825. The minimum absolute atomic E-state index is 0.0311. The van der Waals surface area contributed by atoms with Crippen molar-refractivity contribution in [1.82, 2.24) is 4.90 Å². The summed E-state index contributed by atoms with van der Waals surface area (Å²) in [5.74, 6) is -0.266. The van der Waals surface area contributed by atoms with Gasteiger partial charge in [-0.15, -0.1) is 0 Å². The number of amides is 1. The maximum Gasteiger partial charge on any atom is 0.307 e. The van der Waals surface area contributed by atoms with Crippen LogP contribution >= 0.6 is 0 Å². The summed E-state index contributed by atoms with van der Waals surface area (Å²) in [6, 6.07) is 0. The molecule has 0 saturated heterocycles. The van der Waals surface area contributed by atoms with E-state index in [4.69, 9.17) is 4.74 Å². The molecule has 5 nitrogen and oxygen atoms in total. The Balaban J connectivity index is 3.61. The fraction of sp³-hybridized carbons (Fsp3) is 0.818. The highest BCUT2D eigenvalue weighted by molar-refractivity contribution is 5.76. The van der Waals surface area contributed by atoms with Crippen LogP contribution in [0.15, 0.2) is 0 Å². The Kier molecular flexibility index (Phi) is 8.52. The van der Waals surface area contributed by atoms with Crippen LogP contribution in [-0.2, 0) is 19.1 Å². The second-order valence-corrected chi connectivity index (χ2v) is 3.44. The first kappa shape index (κ1) is 14.9. The molecule has 0 rings (SSSR count). The molecule has 0 aliphatic heterocycles. The lowest BCUT2D eigenvalue weighted by Gasteiger charge is -2.16. The van der Waals surface area contributed by atoms with Crippen LogP contribution in [0.25, 0.3) is 0 Å². The zero-order valence-electron chi connectivity index (χ0n) is 10.3. The molecule has 0 aromatic carbocycles. The molecule has 0 atom stereocenters. The van der Waals surface area contributed by atoms with Gasteiger partial charge >= 0.3 is 5.97 Å². The summed E-state index contributed by atoms with van der Waals surface area (Å²) >= 11 is 0. The highest BCUT2D eigenvalue weighted by Gasteiger charge is 2.10. The summed E-state index contributed by atoms with van der Waals surface area (Å²) in [6.45, 7) is 3.60. The zero-order chi connectivity index (χ0) is 12.4. The molecule has 0 aromatic heterocycles. The number of nitrogens with zero attached hydrogens (tertiary/aromatic N) is 1. The third kappa shape index (κ3) is 7.23. The molecule has 16 heavy (non-hydrogen) atoms. The maximum absolute atomic E-state index is 11.5. The summed E-state index contributed by atoms with van der Waals surface area (Å²) < 4.78 is 9.63. The SMILES string of the molecule is CCOCCCC(=O)N(C)CCC(=O)OC. The monoisotopic (exact) mass is 231 g/mol. The van der Waals surface area contributed by atoms with E-state index in [-0.39, 0.29) is 18.3 Å². The number of rotatable bonds is 8. The van der Waals surface area contributed by atoms with Crippen LogP contribution in [-0.4, -0.2) is 50.7 Å². The van der Waals surface area contributed by atoms with Gasteiger partial charge in [-0.2, -0.15) is 0 Å². The van der Waals surface area contributed by atoms with Crippen molar-refractivity contribution in [3.8, 4) is 0 Å². The standard InChI is InChI=1S/C11H21NO4/c1-4-16-9-5-6-10(13)12(2)8-7-11(14)15-3/h4-9H2,1-3H3. The highest BCUT2D eigenvalue weighted by atomic mass is 16.5. The van der Waals surface area contributed by atoms with Gasteiger partial charge in [-0.3, -0.25) is 9.59 Å². The number of methoxy groups -OCH3 is 1. The number of carbonyl (C=O) groups is 2. The molecule has 0 aromatic rings. The van der Waals surface area contributed by atoms with Crippen molar-refractivity contribution in [2.75, 3.05) is 33.9 Å². The molecular formula is C11H21NO4. The molecule has 94 valence electrons. The second-order valence-electron chi connectivity index (χ2n) is 3.44. The molecule has 0 spiro atoms. The van der Waals surface area contributed by atoms with Crippen LogP contribution < -0.4 is 0 Å². The van der Waals surface area contributed by atoms with Crippen molar-refractivity contribution >= 4 is 11.9 Å². The molecule has 5 heteroatoms. The van der Waals surface area contributed by atoms with E-state index < -0.39 is 0 Å². The molecule has 0 bridgehead atoms. The Morgan fingerprint density at radius 3 is 2.50 bits per heavy atom. The number of hydrogen-bond acceptors (Lipinski definition) is 4. The van der Waals surface area contributed by atoms with Gasteiger partial charge in [0.15, 0.2) is 0 Å².